The molecule has 1 aliphatic rings. The fourth-order valence-corrected chi connectivity index (χ4v) is 4.35. The van der Waals surface area contributed by atoms with Gasteiger partial charge in [0.15, 0.2) is 0 Å². The quantitative estimate of drug-likeness (QED) is 0.437. The van der Waals surface area contributed by atoms with E-state index >= 15 is 0 Å². The lowest BCUT2D eigenvalue weighted by Crippen LogP contribution is -2.35. The van der Waals surface area contributed by atoms with E-state index in [2.05, 4.69) is 20.5 Å². The molecule has 5 rings (SSSR count). The van der Waals surface area contributed by atoms with Crippen LogP contribution in [0.4, 0.5) is 0 Å². The first-order chi connectivity index (χ1) is 15.6. The van der Waals surface area contributed by atoms with Crippen molar-refractivity contribution in [2.45, 2.75) is 43.9 Å². The predicted molar refractivity (Wildman–Crippen MR) is 121 cm³/mol. The number of pyridine rings is 1. The molecule has 3 aromatic heterocycles. The van der Waals surface area contributed by atoms with E-state index < -0.39 is 0 Å². The second-order valence-corrected chi connectivity index (χ2v) is 8.68. The minimum atomic E-state index is -0.230. The van der Waals surface area contributed by atoms with Crippen molar-refractivity contribution < 1.29 is 9.21 Å². The number of nitrogens with zero attached hydrogens (tertiary/aromatic N) is 4. The monoisotopic (exact) mass is 449 g/mol. The number of benzene rings is 1. The Labute approximate surface area is 190 Å². The molecule has 0 unspecified atom stereocenters. The number of imidazole rings is 1. The molecule has 4 aromatic rings. The van der Waals surface area contributed by atoms with Crippen LogP contribution in [-0.2, 0) is 23.1 Å². The van der Waals surface area contributed by atoms with Crippen LogP contribution < -0.4 is 5.32 Å². The van der Waals surface area contributed by atoms with Gasteiger partial charge < -0.3 is 14.1 Å². The van der Waals surface area contributed by atoms with Gasteiger partial charge in [-0.25, -0.2) is 4.98 Å². The molecule has 0 spiro atoms. The van der Waals surface area contributed by atoms with Gasteiger partial charge in [0.2, 0.25) is 17.7 Å². The van der Waals surface area contributed by atoms with E-state index in [0.29, 0.717) is 42.6 Å². The van der Waals surface area contributed by atoms with E-state index in [1.165, 1.54) is 0 Å². The van der Waals surface area contributed by atoms with Crippen molar-refractivity contribution in [3.05, 3.63) is 82.9 Å². The zero-order chi connectivity index (χ0) is 22.0. The molecule has 164 valence electrons. The molecule has 0 radical (unpaired) electrons. The molecule has 7 nitrogen and oxygen atoms in total. The Balaban J connectivity index is 1.13. The maximum atomic E-state index is 12.3. The van der Waals surface area contributed by atoms with Crippen molar-refractivity contribution in [1.82, 2.24) is 24.9 Å². The number of aromatic nitrogens is 4. The standard InChI is InChI=1S/C24H24ClN5O2/c25-18-7-5-17(6-8-18)24(12-3-13-24)23-29-28-22(32-23)10-9-21(31)26-14-11-19-16-30-15-2-1-4-20(30)27-19/h1-2,4-8,15-16H,3,9-14H2,(H,26,31). The van der Waals surface area contributed by atoms with Gasteiger partial charge in [-0.05, 0) is 42.7 Å². The van der Waals surface area contributed by atoms with E-state index in [4.69, 9.17) is 16.0 Å². The minimum Gasteiger partial charge on any atom is -0.424 e. The van der Waals surface area contributed by atoms with Crippen LogP contribution in [-0.4, -0.2) is 32.0 Å². The van der Waals surface area contributed by atoms with Gasteiger partial charge in [-0.15, -0.1) is 10.2 Å². The van der Waals surface area contributed by atoms with Crippen LogP contribution in [0.25, 0.3) is 5.65 Å². The highest BCUT2D eigenvalue weighted by atomic mass is 35.5. The molecule has 1 amide bonds. The third-order valence-electron chi connectivity index (χ3n) is 6.16. The zero-order valence-corrected chi connectivity index (χ0v) is 18.4. The molecule has 3 heterocycles. The number of carbonyl (C=O) groups excluding carboxylic acids is 1. The molecular formula is C24H24ClN5O2. The summed E-state index contributed by atoms with van der Waals surface area (Å²) in [7, 11) is 0. The summed E-state index contributed by atoms with van der Waals surface area (Å²) in [6.45, 7) is 0.539. The van der Waals surface area contributed by atoms with Crippen molar-refractivity contribution in [3.63, 3.8) is 0 Å². The summed E-state index contributed by atoms with van der Waals surface area (Å²) in [4.78, 5) is 16.8. The molecule has 1 fully saturated rings. The van der Waals surface area contributed by atoms with Gasteiger partial charge in [0, 0.05) is 43.2 Å². The smallest absolute Gasteiger partial charge is 0.227 e. The summed E-state index contributed by atoms with van der Waals surface area (Å²) in [5.41, 5.74) is 2.77. The number of fused-ring (bicyclic) bond motifs is 1. The molecule has 0 bridgehead atoms. The van der Waals surface area contributed by atoms with Crippen LogP contribution in [0, 0.1) is 0 Å². The summed E-state index contributed by atoms with van der Waals surface area (Å²) < 4.78 is 7.96. The first-order valence-corrected chi connectivity index (χ1v) is 11.3. The Morgan fingerprint density at radius 1 is 1.12 bits per heavy atom. The van der Waals surface area contributed by atoms with Crippen molar-refractivity contribution in [2.24, 2.45) is 0 Å². The van der Waals surface area contributed by atoms with Crippen LogP contribution >= 0.6 is 11.6 Å². The molecule has 0 saturated heterocycles. The second kappa shape index (κ2) is 8.74. The van der Waals surface area contributed by atoms with Gasteiger partial charge in [0.1, 0.15) is 5.65 Å². The Kier molecular flexibility index (Phi) is 5.66. The van der Waals surface area contributed by atoms with Gasteiger partial charge in [-0.3, -0.25) is 4.79 Å². The highest BCUT2D eigenvalue weighted by Crippen LogP contribution is 2.48. The van der Waals surface area contributed by atoms with Crippen molar-refractivity contribution >= 4 is 23.2 Å². The normalized spacial score (nSPS) is 14.9. The highest BCUT2D eigenvalue weighted by Gasteiger charge is 2.45. The fourth-order valence-electron chi connectivity index (χ4n) is 4.22. The maximum Gasteiger partial charge on any atom is 0.227 e. The van der Waals surface area contributed by atoms with Crippen molar-refractivity contribution in [3.8, 4) is 0 Å². The van der Waals surface area contributed by atoms with Gasteiger partial charge in [0.25, 0.3) is 0 Å². The van der Waals surface area contributed by atoms with Gasteiger partial charge in [0.05, 0.1) is 11.1 Å². The third-order valence-corrected chi connectivity index (χ3v) is 6.42. The lowest BCUT2D eigenvalue weighted by atomic mass is 9.64. The summed E-state index contributed by atoms with van der Waals surface area (Å²) in [6.07, 6.45) is 8.42. The number of hydrogen-bond acceptors (Lipinski definition) is 5. The summed E-state index contributed by atoms with van der Waals surface area (Å²) >= 11 is 6.04. The zero-order valence-electron chi connectivity index (χ0n) is 17.6. The number of rotatable bonds is 8. The van der Waals surface area contributed by atoms with E-state index in [1.807, 2.05) is 59.3 Å². The maximum absolute atomic E-state index is 12.3. The van der Waals surface area contributed by atoms with E-state index in [0.717, 1.165) is 36.2 Å². The van der Waals surface area contributed by atoms with E-state index in [-0.39, 0.29) is 11.3 Å². The Bertz CT molecular complexity index is 1190. The number of nitrogens with one attached hydrogen (secondary N) is 1. The first-order valence-electron chi connectivity index (χ1n) is 10.9. The molecule has 1 N–H and O–H groups in total. The summed E-state index contributed by atoms with van der Waals surface area (Å²) in [6, 6.07) is 13.7. The van der Waals surface area contributed by atoms with Crippen LogP contribution in [0.3, 0.4) is 0 Å². The van der Waals surface area contributed by atoms with Crippen LogP contribution in [0.2, 0.25) is 5.02 Å². The Hall–Kier alpha value is -3.19. The number of aryl methyl sites for hydroxylation is 1. The lowest BCUT2D eigenvalue weighted by molar-refractivity contribution is -0.121. The average molecular weight is 450 g/mol. The molecular weight excluding hydrogens is 426 g/mol. The first kappa shape index (κ1) is 20.7. The average Bonchev–Trinajstić information content (AvgIpc) is 3.40. The largest absolute Gasteiger partial charge is 0.424 e. The molecule has 32 heavy (non-hydrogen) atoms. The summed E-state index contributed by atoms with van der Waals surface area (Å²) in [5, 5.41) is 12.2. The topological polar surface area (TPSA) is 85.3 Å². The van der Waals surface area contributed by atoms with Crippen LogP contribution in [0.1, 0.15) is 48.7 Å². The van der Waals surface area contributed by atoms with Gasteiger partial charge in [-0.2, -0.15) is 0 Å². The molecule has 0 atom stereocenters. The van der Waals surface area contributed by atoms with Crippen LogP contribution in [0.15, 0.2) is 59.3 Å². The highest BCUT2D eigenvalue weighted by molar-refractivity contribution is 6.30. The van der Waals surface area contributed by atoms with Gasteiger partial charge >= 0.3 is 0 Å². The van der Waals surface area contributed by atoms with Gasteiger partial charge in [-0.1, -0.05) is 36.2 Å². The van der Waals surface area contributed by atoms with Crippen LogP contribution in [0.5, 0.6) is 0 Å². The number of halogens is 1. The predicted octanol–water partition coefficient (Wildman–Crippen LogP) is 4.13. The number of amides is 1. The summed E-state index contributed by atoms with van der Waals surface area (Å²) in [5.74, 6) is 1.09. The van der Waals surface area contributed by atoms with E-state index in [9.17, 15) is 4.79 Å². The molecule has 1 aromatic carbocycles. The Morgan fingerprint density at radius 2 is 1.97 bits per heavy atom. The lowest BCUT2D eigenvalue weighted by Gasteiger charge is -2.39. The molecule has 0 aliphatic heterocycles. The minimum absolute atomic E-state index is 0.0374. The molecule has 1 saturated carbocycles. The second-order valence-electron chi connectivity index (χ2n) is 8.24. The van der Waals surface area contributed by atoms with Crippen molar-refractivity contribution in [1.29, 1.82) is 0 Å². The number of carbonyl (C=O) groups is 1. The number of hydrogen-bond donors (Lipinski definition) is 1. The molecule has 8 heteroatoms. The SMILES string of the molecule is O=C(CCc1nnc(C2(c3ccc(Cl)cc3)CCC2)o1)NCCc1cn2ccccc2n1. The van der Waals surface area contributed by atoms with E-state index in [1.54, 1.807) is 0 Å². The molecule has 1 aliphatic carbocycles. The third kappa shape index (κ3) is 4.12. The fraction of sp³-hybridized carbons (Fsp3) is 0.333. The Morgan fingerprint density at radius 3 is 2.72 bits per heavy atom. The van der Waals surface area contributed by atoms with Crippen molar-refractivity contribution in [2.75, 3.05) is 6.54 Å².